The molecule has 0 amide bonds. The molecule has 0 aromatic heterocycles. The molecule has 8 rings (SSSR count). The maximum absolute atomic E-state index is 3.88. The predicted molar refractivity (Wildman–Crippen MR) is 257 cm³/mol. The fourth-order valence-corrected chi connectivity index (χ4v) is 8.70. The molecular weight excluding hydrogens is 871 g/mol. The molecule has 6 aromatic rings. The largest absolute Gasteiger partial charge is 1.00 e. The minimum absolute atomic E-state index is 0. The first-order chi connectivity index (χ1) is 28.2. The zero-order valence-corrected chi connectivity index (χ0v) is 43.0. The number of hydrogen-bond donors (Lipinski definition) is 0. The molecule has 3 heteroatoms. The maximum Gasteiger partial charge on any atom is -0.109 e. The van der Waals surface area contributed by atoms with Gasteiger partial charge in [-0.2, -0.15) is 6.08 Å². The normalized spacial score (nSPS) is 12.7. The number of hydrogen-bond acceptors (Lipinski definition) is 0. The summed E-state index contributed by atoms with van der Waals surface area (Å²) < 4.78 is 1.42. The van der Waals surface area contributed by atoms with Gasteiger partial charge in [0.2, 0.25) is 0 Å². The molecule has 0 unspecified atom stereocenters. The fraction of sp³-hybridized carbons (Fsp3) is 0.305. The average Bonchev–Trinajstić information content (AvgIpc) is 3.91. The van der Waals surface area contributed by atoms with E-state index in [1.807, 2.05) is 12.2 Å². The molecule has 6 aromatic carbocycles. The van der Waals surface area contributed by atoms with Crippen LogP contribution in [0.2, 0.25) is 0 Å². The van der Waals surface area contributed by atoms with Gasteiger partial charge >= 0.3 is 151 Å². The van der Waals surface area contributed by atoms with Crippen LogP contribution in [0.3, 0.4) is 0 Å². The zero-order valence-electron chi connectivity index (χ0n) is 39.0. The number of rotatable bonds is 4. The Bertz CT molecular complexity index is 2300. The van der Waals surface area contributed by atoms with E-state index >= 15 is 0 Å². The van der Waals surface area contributed by atoms with Crippen LogP contribution in [0, 0.1) is 12.1 Å². The smallest absolute Gasteiger partial charge is 0.109 e. The second-order valence-electron chi connectivity index (χ2n) is 20.4. The van der Waals surface area contributed by atoms with Gasteiger partial charge in [-0.1, -0.05) is 131 Å². The topological polar surface area (TPSA) is 0 Å². The van der Waals surface area contributed by atoms with Crippen LogP contribution in [0.25, 0.3) is 33.4 Å². The second kappa shape index (κ2) is 20.8. The van der Waals surface area contributed by atoms with Gasteiger partial charge in [-0.05, 0) is 39.5 Å². The van der Waals surface area contributed by atoms with Gasteiger partial charge in [0.25, 0.3) is 0 Å². The van der Waals surface area contributed by atoms with Crippen molar-refractivity contribution in [3.63, 3.8) is 0 Å². The van der Waals surface area contributed by atoms with Gasteiger partial charge in [0, 0.05) is 0 Å². The molecule has 0 saturated carbocycles. The van der Waals surface area contributed by atoms with Gasteiger partial charge < -0.3 is 24.8 Å². The molecular formula is C59H64Cl2Zr-2. The molecule has 0 heterocycles. The Morgan fingerprint density at radius 1 is 0.500 bits per heavy atom. The van der Waals surface area contributed by atoms with E-state index in [-0.39, 0.29) is 46.5 Å². The fourth-order valence-electron chi connectivity index (χ4n) is 7.88. The molecule has 0 fully saturated rings. The van der Waals surface area contributed by atoms with E-state index in [0.29, 0.717) is 0 Å². The minimum atomic E-state index is 0. The maximum atomic E-state index is 3.88. The molecule has 62 heavy (non-hydrogen) atoms. The van der Waals surface area contributed by atoms with Crippen molar-refractivity contribution < 1.29 is 49.0 Å². The Kier molecular flexibility index (Phi) is 17.0. The van der Waals surface area contributed by atoms with Crippen molar-refractivity contribution in [3.05, 3.63) is 202 Å². The van der Waals surface area contributed by atoms with Crippen molar-refractivity contribution >= 4 is 3.21 Å². The van der Waals surface area contributed by atoms with Crippen molar-refractivity contribution in [2.75, 3.05) is 0 Å². The summed E-state index contributed by atoms with van der Waals surface area (Å²) in [6, 6.07) is 51.0. The molecule has 0 spiro atoms. The van der Waals surface area contributed by atoms with Gasteiger partial charge in [0.15, 0.2) is 0 Å². The van der Waals surface area contributed by atoms with Crippen LogP contribution in [0.5, 0.6) is 0 Å². The summed E-state index contributed by atoms with van der Waals surface area (Å²) in [4.78, 5) is 0. The van der Waals surface area contributed by atoms with E-state index in [4.69, 9.17) is 0 Å². The van der Waals surface area contributed by atoms with E-state index in [9.17, 15) is 0 Å². The Morgan fingerprint density at radius 2 is 0.968 bits per heavy atom. The van der Waals surface area contributed by atoms with Crippen LogP contribution in [0.4, 0.5) is 0 Å². The molecule has 2 aliphatic rings. The summed E-state index contributed by atoms with van der Waals surface area (Å²) in [5, 5.41) is 0. The van der Waals surface area contributed by atoms with Gasteiger partial charge in [0.1, 0.15) is 0 Å². The summed E-state index contributed by atoms with van der Waals surface area (Å²) >= 11 is 1.46. The van der Waals surface area contributed by atoms with E-state index in [1.165, 1.54) is 105 Å². The summed E-state index contributed by atoms with van der Waals surface area (Å²) in [5.74, 6) is 0. The van der Waals surface area contributed by atoms with Crippen molar-refractivity contribution in [2.45, 2.75) is 118 Å². The third-order valence-electron chi connectivity index (χ3n) is 11.5. The summed E-state index contributed by atoms with van der Waals surface area (Å²) in [7, 11) is 0. The summed E-state index contributed by atoms with van der Waals surface area (Å²) in [6.45, 7) is 27.4. The van der Waals surface area contributed by atoms with Gasteiger partial charge in [-0.3, -0.25) is 6.08 Å². The Hall–Kier alpha value is -3.87. The van der Waals surface area contributed by atoms with E-state index in [0.717, 1.165) is 12.8 Å². The number of fused-ring (bicyclic) bond motifs is 3. The summed E-state index contributed by atoms with van der Waals surface area (Å²) in [5.41, 5.74) is 19.4. The molecule has 0 radical (unpaired) electrons. The second-order valence-corrected chi connectivity index (χ2v) is 21.7. The van der Waals surface area contributed by atoms with Crippen LogP contribution >= 0.6 is 0 Å². The molecule has 0 aliphatic heterocycles. The van der Waals surface area contributed by atoms with Crippen molar-refractivity contribution in [2.24, 2.45) is 0 Å². The standard InChI is InChI=1S/C33H33.C21H26.C5H5.2ClH.Zr/c1-32(2,3)30-20-26-24(18-28(30)22-13-9-7-10-14-22)17-25-19-29(23-15-11-8-12-16-23)31(21-27(25)26)33(4,5)6;1-20(2,3)18-11-7-16(8-12-18)15-17-9-13-19(14-10-17)21(4,5)6;1-2-4-5-3-1;;;/h7-16,18,20-21H,17H2,1-6H3;7-14H,1-6H3;1-3H,4H2;2*1H;/q-1;;-1;;;+2/p-2. The van der Waals surface area contributed by atoms with Crippen LogP contribution in [0.1, 0.15) is 134 Å². The molecule has 0 N–H and O–H groups in total. The molecule has 0 saturated heterocycles. The Morgan fingerprint density at radius 3 is 1.37 bits per heavy atom. The van der Waals surface area contributed by atoms with Crippen molar-refractivity contribution in [1.29, 1.82) is 0 Å². The van der Waals surface area contributed by atoms with Crippen molar-refractivity contribution in [1.82, 2.24) is 0 Å². The molecule has 0 atom stereocenters. The first-order valence-electron chi connectivity index (χ1n) is 21.6. The Labute approximate surface area is 402 Å². The predicted octanol–water partition coefficient (Wildman–Crippen LogP) is 9.70. The number of halogens is 2. The quantitative estimate of drug-likeness (QED) is 0.154. The molecule has 320 valence electrons. The average molecular weight is 935 g/mol. The van der Waals surface area contributed by atoms with E-state index in [2.05, 4.69) is 229 Å². The first-order valence-corrected chi connectivity index (χ1v) is 22.8. The third kappa shape index (κ3) is 12.4. The van der Waals surface area contributed by atoms with Crippen LogP contribution < -0.4 is 24.8 Å². The van der Waals surface area contributed by atoms with Crippen LogP contribution in [-0.2, 0) is 52.3 Å². The van der Waals surface area contributed by atoms with Gasteiger partial charge in [-0.15, -0.1) is 35.2 Å². The molecule has 2 aliphatic carbocycles. The first kappa shape index (κ1) is 50.8. The van der Waals surface area contributed by atoms with Gasteiger partial charge in [0.05, 0.1) is 0 Å². The van der Waals surface area contributed by atoms with Crippen LogP contribution in [0.15, 0.2) is 146 Å². The third-order valence-corrected chi connectivity index (χ3v) is 12.9. The van der Waals surface area contributed by atoms with E-state index in [1.54, 1.807) is 0 Å². The minimum Gasteiger partial charge on any atom is -1.00 e. The number of benzene rings is 6. The van der Waals surface area contributed by atoms with Crippen LogP contribution in [-0.4, -0.2) is 3.21 Å². The number of allylic oxidation sites excluding steroid dienone is 4. The molecule has 0 bridgehead atoms. The molecule has 0 nitrogen and oxygen atoms in total. The SMILES string of the molecule is CC(C)(C)c1cc2c([c-]c1-c1ccccc1)Cc1cc(-c3ccccc3)c(C(C)(C)C)cc1-2.CC(C)(C)c1ccc([C](=[Zr+2])c2ccc(C(C)(C)C)cc2)cc1.[C-]1=CC=CC1.[Cl-].[Cl-]. The Balaban J connectivity index is 0.000000252. The van der Waals surface area contributed by atoms with Crippen molar-refractivity contribution in [3.8, 4) is 33.4 Å². The summed E-state index contributed by atoms with van der Waals surface area (Å²) in [6.07, 6.45) is 10.9. The van der Waals surface area contributed by atoms with Gasteiger partial charge in [-0.25, -0.2) is 12.2 Å². The zero-order chi connectivity index (χ0) is 43.5. The van der Waals surface area contributed by atoms with E-state index < -0.39 is 0 Å². The monoisotopic (exact) mass is 932 g/mol.